The molecule has 1 nitrogen and oxygen atoms in total. The normalized spacial score (nSPS) is 9.15. The molecule has 1 aromatic carbocycles. The van der Waals surface area contributed by atoms with Gasteiger partial charge in [-0.25, -0.2) is 0 Å². The maximum absolute atomic E-state index is 5.78. The first kappa shape index (κ1) is 12.6. The highest BCUT2D eigenvalue weighted by atomic mass is 35.5. The van der Waals surface area contributed by atoms with Crippen LogP contribution in [-0.4, -0.2) is 13.1 Å². The van der Waals surface area contributed by atoms with Crippen LogP contribution < -0.4 is 4.90 Å². The summed E-state index contributed by atoms with van der Waals surface area (Å²) in [6.45, 7) is 6.38. The van der Waals surface area contributed by atoms with E-state index in [1.807, 2.05) is 12.1 Å². The van der Waals surface area contributed by atoms with Crippen LogP contribution in [0.4, 0.5) is 5.69 Å². The summed E-state index contributed by atoms with van der Waals surface area (Å²) in [6, 6.07) is 7.95. The average molecular weight is 220 g/mol. The van der Waals surface area contributed by atoms with Gasteiger partial charge in [-0.15, -0.1) is 12.4 Å². The Morgan fingerprint density at radius 3 is 1.92 bits per heavy atom. The highest BCUT2D eigenvalue weighted by Gasteiger charge is 1.99. The van der Waals surface area contributed by atoms with E-state index < -0.39 is 0 Å². The smallest absolute Gasteiger partial charge is 0.0407 e. The fourth-order valence-corrected chi connectivity index (χ4v) is 1.37. The quantitative estimate of drug-likeness (QED) is 0.752. The SMILES string of the molecule is CCN(CC)c1ccc(Cl)cc1.Cl. The number of benzene rings is 1. The zero-order chi connectivity index (χ0) is 8.97. The van der Waals surface area contributed by atoms with E-state index in [0.29, 0.717) is 0 Å². The molecule has 0 aliphatic rings. The van der Waals surface area contributed by atoms with Gasteiger partial charge in [0.15, 0.2) is 0 Å². The Labute approximate surface area is 91.1 Å². The second-order valence-electron chi connectivity index (χ2n) is 2.65. The van der Waals surface area contributed by atoms with Crippen molar-refractivity contribution >= 4 is 29.7 Å². The molecule has 13 heavy (non-hydrogen) atoms. The molecule has 0 heterocycles. The lowest BCUT2D eigenvalue weighted by atomic mass is 10.3. The summed E-state index contributed by atoms with van der Waals surface area (Å²) in [5.41, 5.74) is 1.24. The van der Waals surface area contributed by atoms with Gasteiger partial charge >= 0.3 is 0 Å². The lowest BCUT2D eigenvalue weighted by Crippen LogP contribution is -2.21. The van der Waals surface area contributed by atoms with E-state index in [9.17, 15) is 0 Å². The zero-order valence-corrected chi connectivity index (χ0v) is 9.53. The van der Waals surface area contributed by atoms with Gasteiger partial charge in [-0.1, -0.05) is 11.6 Å². The monoisotopic (exact) mass is 219 g/mol. The van der Waals surface area contributed by atoms with Crippen LogP contribution in [0.3, 0.4) is 0 Å². The highest BCUT2D eigenvalue weighted by Crippen LogP contribution is 2.17. The van der Waals surface area contributed by atoms with Crippen LogP contribution in [0.2, 0.25) is 5.02 Å². The van der Waals surface area contributed by atoms with Crippen LogP contribution in [-0.2, 0) is 0 Å². The molecule has 0 radical (unpaired) electrons. The van der Waals surface area contributed by atoms with Crippen LogP contribution in [0.1, 0.15) is 13.8 Å². The maximum Gasteiger partial charge on any atom is 0.0407 e. The predicted octanol–water partition coefficient (Wildman–Crippen LogP) is 3.61. The lowest BCUT2D eigenvalue weighted by Gasteiger charge is -2.20. The molecule has 0 saturated carbocycles. The van der Waals surface area contributed by atoms with Crippen LogP contribution in [0.5, 0.6) is 0 Å². The summed E-state index contributed by atoms with van der Waals surface area (Å²) < 4.78 is 0. The summed E-state index contributed by atoms with van der Waals surface area (Å²) in [4.78, 5) is 2.29. The van der Waals surface area contributed by atoms with Gasteiger partial charge in [0.1, 0.15) is 0 Å². The van der Waals surface area contributed by atoms with Crippen molar-refractivity contribution in [3.8, 4) is 0 Å². The lowest BCUT2D eigenvalue weighted by molar-refractivity contribution is 0.866. The molecule has 0 aromatic heterocycles. The van der Waals surface area contributed by atoms with E-state index in [1.165, 1.54) is 5.69 Å². The topological polar surface area (TPSA) is 3.24 Å². The molecule has 0 unspecified atom stereocenters. The molecule has 3 heteroatoms. The number of halogens is 2. The summed E-state index contributed by atoms with van der Waals surface area (Å²) in [7, 11) is 0. The summed E-state index contributed by atoms with van der Waals surface area (Å²) in [5, 5.41) is 0.797. The fourth-order valence-electron chi connectivity index (χ4n) is 1.24. The molecule has 0 fully saturated rings. The van der Waals surface area contributed by atoms with Gasteiger partial charge in [-0.3, -0.25) is 0 Å². The zero-order valence-electron chi connectivity index (χ0n) is 7.96. The molecule has 74 valence electrons. The van der Waals surface area contributed by atoms with Crippen molar-refractivity contribution in [3.63, 3.8) is 0 Å². The summed E-state index contributed by atoms with van der Waals surface area (Å²) >= 11 is 5.78. The molecule has 0 spiro atoms. The Morgan fingerprint density at radius 2 is 1.54 bits per heavy atom. The van der Waals surface area contributed by atoms with Crippen molar-refractivity contribution < 1.29 is 0 Å². The third-order valence-corrected chi connectivity index (χ3v) is 2.21. The maximum atomic E-state index is 5.78. The summed E-state index contributed by atoms with van der Waals surface area (Å²) in [5.74, 6) is 0. The molecule has 0 saturated heterocycles. The van der Waals surface area contributed by atoms with Gasteiger partial charge < -0.3 is 4.90 Å². The van der Waals surface area contributed by atoms with Crippen LogP contribution in [0.15, 0.2) is 24.3 Å². The second-order valence-corrected chi connectivity index (χ2v) is 3.09. The Bertz CT molecular complexity index is 229. The third kappa shape index (κ3) is 3.45. The molecule has 0 atom stereocenters. The Morgan fingerprint density at radius 1 is 1.08 bits per heavy atom. The van der Waals surface area contributed by atoms with Gasteiger partial charge in [0.2, 0.25) is 0 Å². The van der Waals surface area contributed by atoms with Gasteiger partial charge in [0.05, 0.1) is 0 Å². The van der Waals surface area contributed by atoms with E-state index in [2.05, 4.69) is 30.9 Å². The first-order valence-corrected chi connectivity index (χ1v) is 4.66. The largest absolute Gasteiger partial charge is 0.372 e. The Hall–Kier alpha value is -0.400. The summed E-state index contributed by atoms with van der Waals surface area (Å²) in [6.07, 6.45) is 0. The van der Waals surface area contributed by atoms with Crippen molar-refractivity contribution in [2.45, 2.75) is 13.8 Å². The molecule has 0 aliphatic heterocycles. The number of hydrogen-bond acceptors (Lipinski definition) is 1. The average Bonchev–Trinajstić information content (AvgIpc) is 2.10. The van der Waals surface area contributed by atoms with E-state index >= 15 is 0 Å². The number of anilines is 1. The minimum Gasteiger partial charge on any atom is -0.372 e. The van der Waals surface area contributed by atoms with Gasteiger partial charge in [0, 0.05) is 23.8 Å². The van der Waals surface area contributed by atoms with Crippen LogP contribution in [0, 0.1) is 0 Å². The highest BCUT2D eigenvalue weighted by molar-refractivity contribution is 6.30. The van der Waals surface area contributed by atoms with E-state index in [4.69, 9.17) is 11.6 Å². The van der Waals surface area contributed by atoms with Crippen molar-refractivity contribution in [3.05, 3.63) is 29.3 Å². The second kappa shape index (κ2) is 6.11. The van der Waals surface area contributed by atoms with Gasteiger partial charge in [-0.05, 0) is 38.1 Å². The van der Waals surface area contributed by atoms with Crippen molar-refractivity contribution in [2.75, 3.05) is 18.0 Å². The fraction of sp³-hybridized carbons (Fsp3) is 0.400. The molecule has 0 aliphatic carbocycles. The Balaban J connectivity index is 0.00000144. The van der Waals surface area contributed by atoms with E-state index in [-0.39, 0.29) is 12.4 Å². The van der Waals surface area contributed by atoms with Gasteiger partial charge in [-0.2, -0.15) is 0 Å². The van der Waals surface area contributed by atoms with Crippen molar-refractivity contribution in [2.24, 2.45) is 0 Å². The molecule has 0 amide bonds. The molecule has 0 N–H and O–H groups in total. The van der Waals surface area contributed by atoms with Crippen molar-refractivity contribution in [1.29, 1.82) is 0 Å². The van der Waals surface area contributed by atoms with Gasteiger partial charge in [0.25, 0.3) is 0 Å². The molecular weight excluding hydrogens is 205 g/mol. The van der Waals surface area contributed by atoms with Crippen LogP contribution in [0.25, 0.3) is 0 Å². The number of rotatable bonds is 3. The predicted molar refractivity (Wildman–Crippen MR) is 62.3 cm³/mol. The third-order valence-electron chi connectivity index (χ3n) is 1.96. The van der Waals surface area contributed by atoms with E-state index in [1.54, 1.807) is 0 Å². The number of hydrogen-bond donors (Lipinski definition) is 0. The molecule has 1 aromatic rings. The minimum absolute atomic E-state index is 0. The Kier molecular flexibility index (Phi) is 5.93. The molecular formula is C10H15Cl2N. The standard InChI is InChI=1S/C10H14ClN.ClH/c1-3-12(4-2)10-7-5-9(11)6-8-10;/h5-8H,3-4H2,1-2H3;1H. The number of nitrogens with zero attached hydrogens (tertiary/aromatic N) is 1. The van der Waals surface area contributed by atoms with E-state index in [0.717, 1.165) is 18.1 Å². The minimum atomic E-state index is 0. The molecule has 1 rings (SSSR count). The first-order valence-electron chi connectivity index (χ1n) is 4.28. The molecule has 0 bridgehead atoms. The first-order chi connectivity index (χ1) is 5.77. The van der Waals surface area contributed by atoms with Crippen molar-refractivity contribution in [1.82, 2.24) is 0 Å². The van der Waals surface area contributed by atoms with Crippen LogP contribution >= 0.6 is 24.0 Å².